The first-order valence-corrected chi connectivity index (χ1v) is 11.5. The average Bonchev–Trinajstić information content (AvgIpc) is 3.24. The van der Waals surface area contributed by atoms with E-state index in [4.69, 9.17) is 4.74 Å². The van der Waals surface area contributed by atoms with Gasteiger partial charge in [0.15, 0.2) is 0 Å². The fraction of sp³-hybridized carbons (Fsp3) is 0.423. The number of carbonyl (C=O) groups is 1. The van der Waals surface area contributed by atoms with E-state index in [1.165, 1.54) is 5.56 Å². The van der Waals surface area contributed by atoms with Crippen LogP contribution in [0.3, 0.4) is 0 Å². The number of Topliss-reactive ketones (excluding diaryl/α,β-unsaturated/α-hetero) is 1. The predicted octanol–water partition coefficient (Wildman–Crippen LogP) is 6.07. The zero-order chi connectivity index (χ0) is 21.8. The van der Waals surface area contributed by atoms with Gasteiger partial charge in [0.1, 0.15) is 11.5 Å². The largest absolute Gasteiger partial charge is 0.493 e. The quantitative estimate of drug-likeness (QED) is 0.411. The van der Waals surface area contributed by atoms with Crippen molar-refractivity contribution >= 4 is 17.1 Å². The molecule has 30 heavy (non-hydrogen) atoms. The standard InChI is InChI=1S/C26H33NO2S/c1-5-27(16-8-6-7-15-26(2,3)4)17-12-24(28)13-18-29-25-11-9-10-22(20-25)23-14-19-30-21-23/h6,8-11,14,19-21H,5,12-13,16-18H2,1-4H3. The molecule has 0 N–H and O–H groups in total. The molecule has 0 atom stereocenters. The number of hydrogen-bond donors (Lipinski definition) is 0. The second kappa shape index (κ2) is 12.4. The van der Waals surface area contributed by atoms with Crippen LogP contribution in [0.1, 0.15) is 40.5 Å². The van der Waals surface area contributed by atoms with Gasteiger partial charge in [-0.2, -0.15) is 11.3 Å². The maximum Gasteiger partial charge on any atom is 0.137 e. The second-order valence-corrected chi connectivity index (χ2v) is 9.02. The summed E-state index contributed by atoms with van der Waals surface area (Å²) in [4.78, 5) is 14.5. The molecule has 0 amide bonds. The van der Waals surface area contributed by atoms with Gasteiger partial charge in [0.05, 0.1) is 6.61 Å². The molecule has 0 unspecified atom stereocenters. The van der Waals surface area contributed by atoms with E-state index in [1.807, 2.05) is 24.3 Å². The molecule has 160 valence electrons. The molecule has 0 spiro atoms. The lowest BCUT2D eigenvalue weighted by molar-refractivity contribution is -0.119. The highest BCUT2D eigenvalue weighted by atomic mass is 32.1. The first-order valence-electron chi connectivity index (χ1n) is 10.5. The molecule has 0 bridgehead atoms. The van der Waals surface area contributed by atoms with Crippen molar-refractivity contribution in [3.63, 3.8) is 0 Å². The topological polar surface area (TPSA) is 29.5 Å². The van der Waals surface area contributed by atoms with Crippen LogP contribution in [0, 0.1) is 17.3 Å². The normalized spacial score (nSPS) is 11.5. The van der Waals surface area contributed by atoms with E-state index in [-0.39, 0.29) is 11.2 Å². The van der Waals surface area contributed by atoms with Crippen molar-refractivity contribution in [1.82, 2.24) is 4.90 Å². The molecule has 1 aromatic heterocycles. The molecular weight excluding hydrogens is 390 g/mol. The smallest absolute Gasteiger partial charge is 0.137 e. The minimum atomic E-state index is 0.0223. The maximum absolute atomic E-state index is 12.2. The Balaban J connectivity index is 1.69. The molecule has 0 saturated carbocycles. The molecule has 2 aromatic rings. The van der Waals surface area contributed by atoms with Gasteiger partial charge in [-0.1, -0.05) is 37.0 Å². The molecule has 0 radical (unpaired) electrons. The summed E-state index contributed by atoms with van der Waals surface area (Å²) in [5.41, 5.74) is 2.35. The number of ketones is 1. The molecule has 3 nitrogen and oxygen atoms in total. The van der Waals surface area contributed by atoms with E-state index in [2.05, 4.69) is 73.4 Å². The molecule has 0 aliphatic rings. The molecule has 2 rings (SSSR count). The summed E-state index contributed by atoms with van der Waals surface area (Å²) >= 11 is 1.68. The van der Waals surface area contributed by atoms with Crippen LogP contribution >= 0.6 is 11.3 Å². The lowest BCUT2D eigenvalue weighted by atomic mass is 9.98. The van der Waals surface area contributed by atoms with Crippen molar-refractivity contribution in [3.8, 4) is 28.7 Å². The number of nitrogens with zero attached hydrogens (tertiary/aromatic N) is 1. The molecule has 4 heteroatoms. The summed E-state index contributed by atoms with van der Waals surface area (Å²) in [6, 6.07) is 10.1. The fourth-order valence-corrected chi connectivity index (χ4v) is 3.45. The van der Waals surface area contributed by atoms with E-state index in [9.17, 15) is 4.79 Å². The van der Waals surface area contributed by atoms with Crippen LogP contribution in [0.2, 0.25) is 0 Å². The third-order valence-electron chi connectivity index (χ3n) is 4.50. The lowest BCUT2D eigenvalue weighted by Crippen LogP contribution is -2.26. The van der Waals surface area contributed by atoms with Gasteiger partial charge in [0, 0.05) is 31.3 Å². The van der Waals surface area contributed by atoms with Crippen LogP contribution in [-0.2, 0) is 4.79 Å². The van der Waals surface area contributed by atoms with Gasteiger partial charge < -0.3 is 4.74 Å². The van der Waals surface area contributed by atoms with Gasteiger partial charge in [-0.15, -0.1) is 0 Å². The maximum atomic E-state index is 12.2. The van der Waals surface area contributed by atoms with Crippen molar-refractivity contribution in [3.05, 3.63) is 53.2 Å². The Hall–Kier alpha value is -2.35. The predicted molar refractivity (Wildman–Crippen MR) is 128 cm³/mol. The highest BCUT2D eigenvalue weighted by molar-refractivity contribution is 7.08. The van der Waals surface area contributed by atoms with Gasteiger partial charge in [-0.3, -0.25) is 9.69 Å². The number of benzene rings is 1. The van der Waals surface area contributed by atoms with E-state index in [0.29, 0.717) is 19.4 Å². The van der Waals surface area contributed by atoms with Crippen LogP contribution in [0.5, 0.6) is 5.75 Å². The minimum absolute atomic E-state index is 0.0223. The zero-order valence-electron chi connectivity index (χ0n) is 18.6. The molecule has 0 aliphatic heterocycles. The molecule has 0 saturated heterocycles. The Bertz CT molecular complexity index is 866. The highest BCUT2D eigenvalue weighted by Gasteiger charge is 2.07. The second-order valence-electron chi connectivity index (χ2n) is 8.24. The molecule has 1 aromatic carbocycles. The van der Waals surface area contributed by atoms with Crippen LogP contribution in [0.15, 0.2) is 53.2 Å². The number of ether oxygens (including phenoxy) is 1. The number of hydrogen-bond acceptors (Lipinski definition) is 4. The van der Waals surface area contributed by atoms with Crippen LogP contribution in [0.4, 0.5) is 0 Å². The summed E-state index contributed by atoms with van der Waals surface area (Å²) in [5, 5.41) is 4.19. The Morgan fingerprint density at radius 3 is 2.73 bits per heavy atom. The lowest BCUT2D eigenvalue weighted by Gasteiger charge is -2.17. The van der Waals surface area contributed by atoms with E-state index < -0.39 is 0 Å². The monoisotopic (exact) mass is 423 g/mol. The Labute approximate surface area is 185 Å². The fourth-order valence-electron chi connectivity index (χ4n) is 2.78. The van der Waals surface area contributed by atoms with Gasteiger partial charge in [-0.25, -0.2) is 0 Å². The van der Waals surface area contributed by atoms with Crippen molar-refractivity contribution < 1.29 is 9.53 Å². The van der Waals surface area contributed by atoms with E-state index in [1.54, 1.807) is 11.3 Å². The van der Waals surface area contributed by atoms with Gasteiger partial charge in [0.25, 0.3) is 0 Å². The molecule has 0 fully saturated rings. The minimum Gasteiger partial charge on any atom is -0.493 e. The van der Waals surface area contributed by atoms with Crippen LogP contribution in [-0.4, -0.2) is 36.9 Å². The van der Waals surface area contributed by atoms with Crippen molar-refractivity contribution in [1.29, 1.82) is 0 Å². The Kier molecular flexibility index (Phi) is 9.86. The Morgan fingerprint density at radius 2 is 2.03 bits per heavy atom. The van der Waals surface area contributed by atoms with Crippen molar-refractivity contribution in [2.24, 2.45) is 5.41 Å². The van der Waals surface area contributed by atoms with Gasteiger partial charge >= 0.3 is 0 Å². The number of allylic oxidation sites excluding steroid dienone is 1. The third-order valence-corrected chi connectivity index (χ3v) is 5.19. The summed E-state index contributed by atoms with van der Waals surface area (Å²) in [6.45, 7) is 11.3. The number of carbonyl (C=O) groups excluding carboxylic acids is 1. The first-order chi connectivity index (χ1) is 14.4. The van der Waals surface area contributed by atoms with Crippen molar-refractivity contribution in [2.45, 2.75) is 40.5 Å². The van der Waals surface area contributed by atoms with Crippen molar-refractivity contribution in [2.75, 3.05) is 26.2 Å². The van der Waals surface area contributed by atoms with Crippen LogP contribution < -0.4 is 4.74 Å². The van der Waals surface area contributed by atoms with Gasteiger partial charge in [-0.05, 0) is 73.5 Å². The third kappa shape index (κ3) is 9.43. The SMILES string of the molecule is CCN(CC=CC#CC(C)(C)C)CCC(=O)CCOc1cccc(-c2ccsc2)c1. The van der Waals surface area contributed by atoms with E-state index in [0.717, 1.165) is 30.9 Å². The molecule has 0 aliphatic carbocycles. The zero-order valence-corrected chi connectivity index (χ0v) is 19.4. The summed E-state index contributed by atoms with van der Waals surface area (Å²) in [7, 11) is 0. The molecule has 1 heterocycles. The summed E-state index contributed by atoms with van der Waals surface area (Å²) in [6.07, 6.45) is 4.96. The first kappa shape index (κ1) is 23.9. The number of thiophene rings is 1. The van der Waals surface area contributed by atoms with E-state index >= 15 is 0 Å². The average molecular weight is 424 g/mol. The van der Waals surface area contributed by atoms with Gasteiger partial charge in [0.2, 0.25) is 0 Å². The molecular formula is C26H33NO2S. The summed E-state index contributed by atoms with van der Waals surface area (Å²) in [5.74, 6) is 7.32. The highest BCUT2D eigenvalue weighted by Crippen LogP contribution is 2.25. The van der Waals surface area contributed by atoms with Crippen LogP contribution in [0.25, 0.3) is 11.1 Å². The number of likely N-dealkylation sites (N-methyl/N-ethyl adjacent to an activating group) is 1. The number of rotatable bonds is 11. The Morgan fingerprint density at radius 1 is 1.20 bits per heavy atom. The summed E-state index contributed by atoms with van der Waals surface area (Å²) < 4.78 is 5.81.